The van der Waals surface area contributed by atoms with Crippen LogP contribution in [0.25, 0.3) is 0 Å². The third kappa shape index (κ3) is 4.35. The van der Waals surface area contributed by atoms with Gasteiger partial charge >= 0.3 is 0 Å². The van der Waals surface area contributed by atoms with Gasteiger partial charge in [-0.1, -0.05) is 17.7 Å². The Morgan fingerprint density at radius 3 is 2.52 bits per heavy atom. The van der Waals surface area contributed by atoms with Gasteiger partial charge in [-0.15, -0.1) is 0 Å². The number of benzene rings is 1. The molecule has 1 amide bonds. The molecule has 1 heterocycles. The highest BCUT2D eigenvalue weighted by Crippen LogP contribution is 2.22. The summed E-state index contributed by atoms with van der Waals surface area (Å²) in [5.41, 5.74) is 0.412. The molecule has 0 radical (unpaired) electrons. The molecule has 0 N–H and O–H groups in total. The largest absolute Gasteiger partial charge is 0.341 e. The second-order valence-corrected chi connectivity index (χ2v) is 7.53. The van der Waals surface area contributed by atoms with Gasteiger partial charge in [-0.05, 0) is 37.5 Å². The first-order valence-electron chi connectivity index (χ1n) is 6.89. The molecule has 116 valence electrons. The Morgan fingerprint density at radius 2 is 1.95 bits per heavy atom. The van der Waals surface area contributed by atoms with Gasteiger partial charge in [-0.2, -0.15) is 0 Å². The maximum absolute atomic E-state index is 12.3. The van der Waals surface area contributed by atoms with Crippen LogP contribution >= 0.6 is 11.6 Å². The molecule has 0 saturated carbocycles. The molecule has 1 aliphatic rings. The van der Waals surface area contributed by atoms with Crippen LogP contribution in [0.3, 0.4) is 0 Å². The van der Waals surface area contributed by atoms with E-state index in [0.717, 1.165) is 29.8 Å². The number of sulfonamides is 1. The quantitative estimate of drug-likeness (QED) is 0.849. The summed E-state index contributed by atoms with van der Waals surface area (Å²) in [5.74, 6) is -0.167. The highest BCUT2D eigenvalue weighted by molar-refractivity contribution is 7.92. The van der Waals surface area contributed by atoms with E-state index in [1.165, 1.54) is 0 Å². The lowest BCUT2D eigenvalue weighted by molar-refractivity contribution is -0.130. The van der Waals surface area contributed by atoms with Crippen molar-refractivity contribution in [2.24, 2.45) is 0 Å². The first kappa shape index (κ1) is 16.1. The molecular weight excluding hydrogens is 312 g/mol. The van der Waals surface area contributed by atoms with E-state index in [-0.39, 0.29) is 12.5 Å². The number of amides is 1. The normalized spacial score (nSPS) is 15.8. The zero-order valence-corrected chi connectivity index (χ0v) is 13.5. The number of likely N-dealkylation sites (tertiary alicyclic amines) is 1. The van der Waals surface area contributed by atoms with E-state index in [4.69, 9.17) is 11.6 Å². The summed E-state index contributed by atoms with van der Waals surface area (Å²) in [6.07, 6.45) is 4.16. The Labute approximate surface area is 130 Å². The van der Waals surface area contributed by atoms with Crippen LogP contribution in [-0.4, -0.2) is 45.1 Å². The minimum atomic E-state index is -3.54. The van der Waals surface area contributed by atoms with Gasteiger partial charge in [-0.25, -0.2) is 8.42 Å². The summed E-state index contributed by atoms with van der Waals surface area (Å²) in [7, 11) is -3.54. The summed E-state index contributed by atoms with van der Waals surface area (Å²) < 4.78 is 25.1. The molecule has 1 saturated heterocycles. The fourth-order valence-electron chi connectivity index (χ4n) is 2.40. The third-order valence-electron chi connectivity index (χ3n) is 3.48. The van der Waals surface area contributed by atoms with Crippen LogP contribution < -0.4 is 4.31 Å². The van der Waals surface area contributed by atoms with E-state index >= 15 is 0 Å². The van der Waals surface area contributed by atoms with Crippen LogP contribution in [0.4, 0.5) is 5.69 Å². The number of carbonyl (C=O) groups is 1. The lowest BCUT2D eigenvalue weighted by Crippen LogP contribution is -2.44. The number of carbonyl (C=O) groups excluding carboxylic acids is 1. The van der Waals surface area contributed by atoms with Crippen molar-refractivity contribution < 1.29 is 13.2 Å². The molecule has 0 aromatic heterocycles. The SMILES string of the molecule is CS(=O)(=O)N(CC(=O)N1CCCCC1)c1cccc(Cl)c1. The molecule has 7 heteroatoms. The van der Waals surface area contributed by atoms with Crippen molar-refractivity contribution in [1.29, 1.82) is 0 Å². The minimum Gasteiger partial charge on any atom is -0.341 e. The molecule has 1 aliphatic heterocycles. The fraction of sp³-hybridized carbons (Fsp3) is 0.500. The molecule has 1 aromatic rings. The molecule has 1 aromatic carbocycles. The monoisotopic (exact) mass is 330 g/mol. The van der Waals surface area contributed by atoms with Crippen LogP contribution in [0.1, 0.15) is 19.3 Å². The molecular formula is C14H19ClN2O3S. The molecule has 1 fully saturated rings. The van der Waals surface area contributed by atoms with Gasteiger partial charge in [0, 0.05) is 18.1 Å². The van der Waals surface area contributed by atoms with Gasteiger partial charge in [0.05, 0.1) is 11.9 Å². The van der Waals surface area contributed by atoms with E-state index in [1.807, 2.05) is 0 Å². The van der Waals surface area contributed by atoms with Crippen molar-refractivity contribution in [2.45, 2.75) is 19.3 Å². The van der Waals surface area contributed by atoms with Crippen LogP contribution in [-0.2, 0) is 14.8 Å². The first-order chi connectivity index (χ1) is 9.88. The predicted molar refractivity (Wildman–Crippen MR) is 84.1 cm³/mol. The minimum absolute atomic E-state index is 0.167. The molecule has 0 bridgehead atoms. The number of hydrogen-bond donors (Lipinski definition) is 0. The van der Waals surface area contributed by atoms with Crippen molar-refractivity contribution in [3.8, 4) is 0 Å². The second kappa shape index (κ2) is 6.66. The van der Waals surface area contributed by atoms with Crippen molar-refractivity contribution in [3.63, 3.8) is 0 Å². The number of rotatable bonds is 4. The Kier molecular flexibility index (Phi) is 5.11. The Balaban J connectivity index is 2.19. The summed E-state index contributed by atoms with van der Waals surface area (Å²) >= 11 is 5.91. The second-order valence-electron chi connectivity index (χ2n) is 5.19. The van der Waals surface area contributed by atoms with Crippen molar-refractivity contribution in [1.82, 2.24) is 4.90 Å². The van der Waals surface area contributed by atoms with Gasteiger partial charge in [0.2, 0.25) is 15.9 Å². The summed E-state index contributed by atoms with van der Waals surface area (Å²) in [4.78, 5) is 14.0. The molecule has 0 aliphatic carbocycles. The average Bonchev–Trinajstić information content (AvgIpc) is 2.44. The number of halogens is 1. The predicted octanol–water partition coefficient (Wildman–Crippen LogP) is 2.12. The van der Waals surface area contributed by atoms with Crippen molar-refractivity contribution in [3.05, 3.63) is 29.3 Å². The summed E-state index contributed by atoms with van der Waals surface area (Å²) in [6, 6.07) is 6.52. The van der Waals surface area contributed by atoms with Crippen molar-refractivity contribution >= 4 is 33.2 Å². The average molecular weight is 331 g/mol. The number of anilines is 1. The molecule has 0 atom stereocenters. The number of hydrogen-bond acceptors (Lipinski definition) is 3. The fourth-order valence-corrected chi connectivity index (χ4v) is 3.42. The lowest BCUT2D eigenvalue weighted by Gasteiger charge is -2.30. The van der Waals surface area contributed by atoms with Crippen LogP contribution in [0.5, 0.6) is 0 Å². The molecule has 5 nitrogen and oxygen atoms in total. The first-order valence-corrected chi connectivity index (χ1v) is 9.11. The van der Waals surface area contributed by atoms with Crippen molar-refractivity contribution in [2.75, 3.05) is 30.2 Å². The molecule has 0 unspecified atom stereocenters. The topological polar surface area (TPSA) is 57.7 Å². The molecule has 0 spiro atoms. The van der Waals surface area contributed by atoms with Gasteiger partial charge in [0.25, 0.3) is 0 Å². The lowest BCUT2D eigenvalue weighted by atomic mass is 10.1. The van der Waals surface area contributed by atoms with E-state index in [0.29, 0.717) is 23.8 Å². The van der Waals surface area contributed by atoms with Crippen LogP contribution in [0.2, 0.25) is 5.02 Å². The van der Waals surface area contributed by atoms with Crippen LogP contribution in [0, 0.1) is 0 Å². The van der Waals surface area contributed by atoms with Gasteiger partial charge in [0.1, 0.15) is 6.54 Å². The van der Waals surface area contributed by atoms with Gasteiger partial charge in [0.15, 0.2) is 0 Å². The standard InChI is InChI=1S/C14H19ClN2O3S/c1-21(19,20)17(13-7-5-6-12(15)10-13)11-14(18)16-8-3-2-4-9-16/h5-7,10H,2-4,8-9,11H2,1H3. The number of nitrogens with zero attached hydrogens (tertiary/aromatic N) is 2. The van der Waals surface area contributed by atoms with Gasteiger partial charge < -0.3 is 4.90 Å². The Hall–Kier alpha value is -1.27. The maximum Gasteiger partial charge on any atom is 0.243 e. The van der Waals surface area contributed by atoms with Gasteiger partial charge in [-0.3, -0.25) is 9.10 Å². The maximum atomic E-state index is 12.3. The Bertz CT molecular complexity index is 612. The summed E-state index contributed by atoms with van der Waals surface area (Å²) in [6.45, 7) is 1.22. The third-order valence-corrected chi connectivity index (χ3v) is 4.86. The summed E-state index contributed by atoms with van der Waals surface area (Å²) in [5, 5.41) is 0.437. The number of piperidine rings is 1. The molecule has 21 heavy (non-hydrogen) atoms. The molecule has 2 rings (SSSR count). The Morgan fingerprint density at radius 1 is 1.29 bits per heavy atom. The highest BCUT2D eigenvalue weighted by atomic mass is 35.5. The van der Waals surface area contributed by atoms with E-state index in [1.54, 1.807) is 29.2 Å². The van der Waals surface area contributed by atoms with E-state index in [2.05, 4.69) is 0 Å². The zero-order chi connectivity index (χ0) is 15.5. The van der Waals surface area contributed by atoms with Crippen LogP contribution in [0.15, 0.2) is 24.3 Å². The smallest absolute Gasteiger partial charge is 0.243 e. The highest BCUT2D eigenvalue weighted by Gasteiger charge is 2.24. The van der Waals surface area contributed by atoms with E-state index < -0.39 is 10.0 Å². The van der Waals surface area contributed by atoms with E-state index in [9.17, 15) is 13.2 Å². The zero-order valence-electron chi connectivity index (χ0n) is 12.0.